The summed E-state index contributed by atoms with van der Waals surface area (Å²) in [6, 6.07) is 4.49. The molecule has 1 saturated carbocycles. The van der Waals surface area contributed by atoms with Crippen molar-refractivity contribution in [2.75, 3.05) is 0 Å². The third kappa shape index (κ3) is 1.64. The Morgan fingerprint density at radius 1 is 1.50 bits per heavy atom. The standard InChI is InChI=1S/C11H13ClFN/c1-11(4-5-11)10(14)8-3-2-7(12)6-9(8)13/h2-3,6,10H,4-5,14H2,1H3. The van der Waals surface area contributed by atoms with E-state index in [4.69, 9.17) is 17.3 Å². The number of hydrogen-bond donors (Lipinski definition) is 1. The number of rotatable bonds is 2. The van der Waals surface area contributed by atoms with Crippen LogP contribution in [-0.2, 0) is 0 Å². The SMILES string of the molecule is CC1(C(N)c2ccc(Cl)cc2F)CC1. The summed E-state index contributed by atoms with van der Waals surface area (Å²) in [6.45, 7) is 2.09. The van der Waals surface area contributed by atoms with Crippen LogP contribution in [0.5, 0.6) is 0 Å². The first-order chi connectivity index (χ1) is 6.53. The van der Waals surface area contributed by atoms with Gasteiger partial charge in [-0.2, -0.15) is 0 Å². The largest absolute Gasteiger partial charge is 0.323 e. The van der Waals surface area contributed by atoms with Crippen LogP contribution >= 0.6 is 11.6 Å². The molecule has 1 fully saturated rings. The minimum atomic E-state index is -0.293. The second kappa shape index (κ2) is 3.21. The fourth-order valence-corrected chi connectivity index (χ4v) is 1.80. The third-order valence-electron chi connectivity index (χ3n) is 3.09. The van der Waals surface area contributed by atoms with E-state index in [2.05, 4.69) is 6.92 Å². The zero-order valence-electron chi connectivity index (χ0n) is 8.06. The van der Waals surface area contributed by atoms with Gasteiger partial charge in [-0.1, -0.05) is 24.6 Å². The van der Waals surface area contributed by atoms with E-state index in [9.17, 15) is 4.39 Å². The van der Waals surface area contributed by atoms with E-state index < -0.39 is 0 Å². The molecule has 1 aliphatic rings. The van der Waals surface area contributed by atoms with Gasteiger partial charge in [0.2, 0.25) is 0 Å². The molecule has 2 N–H and O–H groups in total. The van der Waals surface area contributed by atoms with E-state index in [-0.39, 0.29) is 17.3 Å². The molecule has 0 bridgehead atoms. The maximum atomic E-state index is 13.5. The quantitative estimate of drug-likeness (QED) is 0.802. The van der Waals surface area contributed by atoms with Gasteiger partial charge < -0.3 is 5.73 Å². The zero-order chi connectivity index (χ0) is 10.3. The lowest BCUT2D eigenvalue weighted by Gasteiger charge is -2.19. The first-order valence-electron chi connectivity index (χ1n) is 4.73. The molecule has 0 heterocycles. The lowest BCUT2D eigenvalue weighted by Crippen LogP contribution is -2.21. The highest BCUT2D eigenvalue weighted by Crippen LogP contribution is 2.53. The van der Waals surface area contributed by atoms with E-state index >= 15 is 0 Å². The van der Waals surface area contributed by atoms with Gasteiger partial charge >= 0.3 is 0 Å². The zero-order valence-corrected chi connectivity index (χ0v) is 8.81. The lowest BCUT2D eigenvalue weighted by atomic mass is 9.92. The van der Waals surface area contributed by atoms with E-state index in [1.807, 2.05) is 0 Å². The molecule has 3 heteroatoms. The minimum absolute atomic E-state index is 0.0919. The van der Waals surface area contributed by atoms with Gasteiger partial charge in [0.25, 0.3) is 0 Å². The summed E-state index contributed by atoms with van der Waals surface area (Å²) in [5.74, 6) is -0.293. The van der Waals surface area contributed by atoms with Gasteiger partial charge in [0, 0.05) is 16.6 Å². The molecule has 1 nitrogen and oxygen atoms in total. The summed E-state index contributed by atoms with van der Waals surface area (Å²) >= 11 is 5.67. The van der Waals surface area contributed by atoms with Crippen molar-refractivity contribution in [3.63, 3.8) is 0 Å². The predicted molar refractivity (Wildman–Crippen MR) is 55.7 cm³/mol. The second-order valence-electron chi connectivity index (χ2n) is 4.30. The predicted octanol–water partition coefficient (Wildman–Crippen LogP) is 3.28. The van der Waals surface area contributed by atoms with Crippen LogP contribution in [0.25, 0.3) is 0 Å². The Morgan fingerprint density at radius 2 is 2.14 bits per heavy atom. The normalized spacial score (nSPS) is 20.6. The average molecular weight is 214 g/mol. The smallest absolute Gasteiger partial charge is 0.129 e. The molecule has 1 atom stereocenters. The van der Waals surface area contributed by atoms with Gasteiger partial charge in [-0.15, -0.1) is 0 Å². The Hall–Kier alpha value is -0.600. The van der Waals surface area contributed by atoms with Crippen LogP contribution in [0, 0.1) is 11.2 Å². The van der Waals surface area contributed by atoms with E-state index in [0.29, 0.717) is 10.6 Å². The summed E-state index contributed by atoms with van der Waals surface area (Å²) < 4.78 is 13.5. The average Bonchev–Trinajstić information content (AvgIpc) is 2.84. The monoisotopic (exact) mass is 213 g/mol. The van der Waals surface area contributed by atoms with Crippen LogP contribution < -0.4 is 5.73 Å². The van der Waals surface area contributed by atoms with Crippen molar-refractivity contribution in [1.82, 2.24) is 0 Å². The Bertz CT molecular complexity index is 360. The van der Waals surface area contributed by atoms with Crippen molar-refractivity contribution in [3.05, 3.63) is 34.6 Å². The Kier molecular flexibility index (Phi) is 2.28. The molecule has 1 aromatic rings. The molecule has 2 rings (SSSR count). The van der Waals surface area contributed by atoms with Crippen LogP contribution in [0.4, 0.5) is 4.39 Å². The maximum absolute atomic E-state index is 13.5. The maximum Gasteiger partial charge on any atom is 0.129 e. The van der Waals surface area contributed by atoms with Gasteiger partial charge in [-0.05, 0) is 30.4 Å². The Labute approximate surface area is 88.1 Å². The number of halogens is 2. The molecule has 0 aromatic heterocycles. The van der Waals surface area contributed by atoms with Gasteiger partial charge in [0.05, 0.1) is 0 Å². The van der Waals surface area contributed by atoms with Crippen LogP contribution in [0.1, 0.15) is 31.4 Å². The summed E-state index contributed by atoms with van der Waals surface area (Å²) in [6.07, 6.45) is 2.16. The highest BCUT2D eigenvalue weighted by atomic mass is 35.5. The van der Waals surface area contributed by atoms with Gasteiger partial charge in [-0.3, -0.25) is 0 Å². The van der Waals surface area contributed by atoms with Crippen molar-refractivity contribution >= 4 is 11.6 Å². The molecule has 0 saturated heterocycles. The molecular weight excluding hydrogens is 201 g/mol. The van der Waals surface area contributed by atoms with Gasteiger partial charge in [0.1, 0.15) is 5.82 Å². The highest BCUT2D eigenvalue weighted by molar-refractivity contribution is 6.30. The molecule has 1 unspecified atom stereocenters. The van der Waals surface area contributed by atoms with Crippen LogP contribution in [-0.4, -0.2) is 0 Å². The molecular formula is C11H13ClFN. The van der Waals surface area contributed by atoms with Gasteiger partial charge in [-0.25, -0.2) is 4.39 Å². The van der Waals surface area contributed by atoms with Crippen LogP contribution in [0.2, 0.25) is 5.02 Å². The summed E-state index contributed by atoms with van der Waals surface area (Å²) in [5.41, 5.74) is 6.67. The topological polar surface area (TPSA) is 26.0 Å². The summed E-state index contributed by atoms with van der Waals surface area (Å²) in [4.78, 5) is 0. The van der Waals surface area contributed by atoms with Crippen molar-refractivity contribution in [2.45, 2.75) is 25.8 Å². The van der Waals surface area contributed by atoms with Crippen molar-refractivity contribution in [2.24, 2.45) is 11.1 Å². The first-order valence-corrected chi connectivity index (χ1v) is 5.11. The molecule has 76 valence electrons. The summed E-state index contributed by atoms with van der Waals surface area (Å²) in [7, 11) is 0. The number of hydrogen-bond acceptors (Lipinski definition) is 1. The summed E-state index contributed by atoms with van der Waals surface area (Å²) in [5, 5.41) is 0.416. The van der Waals surface area contributed by atoms with Crippen LogP contribution in [0.3, 0.4) is 0 Å². The number of nitrogens with two attached hydrogens (primary N) is 1. The molecule has 0 spiro atoms. The molecule has 1 aromatic carbocycles. The molecule has 14 heavy (non-hydrogen) atoms. The fraction of sp³-hybridized carbons (Fsp3) is 0.455. The minimum Gasteiger partial charge on any atom is -0.323 e. The van der Waals surface area contributed by atoms with Crippen LogP contribution in [0.15, 0.2) is 18.2 Å². The highest BCUT2D eigenvalue weighted by Gasteiger charge is 2.44. The molecule has 0 radical (unpaired) electrons. The second-order valence-corrected chi connectivity index (χ2v) is 4.73. The van der Waals surface area contributed by atoms with Crippen molar-refractivity contribution in [3.8, 4) is 0 Å². The molecule has 0 aliphatic heterocycles. The van der Waals surface area contributed by atoms with Gasteiger partial charge in [0.15, 0.2) is 0 Å². The molecule has 1 aliphatic carbocycles. The van der Waals surface area contributed by atoms with Crippen molar-refractivity contribution < 1.29 is 4.39 Å². The Morgan fingerprint density at radius 3 is 2.64 bits per heavy atom. The molecule has 0 amide bonds. The number of benzene rings is 1. The lowest BCUT2D eigenvalue weighted by molar-refractivity contribution is 0.432. The Balaban J connectivity index is 2.32. The van der Waals surface area contributed by atoms with E-state index in [0.717, 1.165) is 12.8 Å². The fourth-order valence-electron chi connectivity index (χ4n) is 1.64. The van der Waals surface area contributed by atoms with E-state index in [1.54, 1.807) is 12.1 Å². The van der Waals surface area contributed by atoms with E-state index in [1.165, 1.54) is 6.07 Å². The third-order valence-corrected chi connectivity index (χ3v) is 3.32. The van der Waals surface area contributed by atoms with Crippen molar-refractivity contribution in [1.29, 1.82) is 0 Å². The first kappa shape index (κ1) is 9.94.